The van der Waals surface area contributed by atoms with Gasteiger partial charge in [-0.3, -0.25) is 14.5 Å². The average molecular weight is 365 g/mol. The van der Waals surface area contributed by atoms with Gasteiger partial charge in [0.25, 0.3) is 0 Å². The van der Waals surface area contributed by atoms with Gasteiger partial charge in [0.15, 0.2) is 0 Å². The molecule has 3 fully saturated rings. The molecule has 4 rings (SSSR count). The molecule has 0 bridgehead atoms. The fourth-order valence-electron chi connectivity index (χ4n) is 3.82. The van der Waals surface area contributed by atoms with Gasteiger partial charge in [-0.2, -0.15) is 0 Å². The summed E-state index contributed by atoms with van der Waals surface area (Å²) in [6, 6.07) is 0. The largest absolute Gasteiger partial charge is 0.370 e. The van der Waals surface area contributed by atoms with Crippen LogP contribution in [0.25, 0.3) is 0 Å². The smallest absolute Gasteiger partial charge is 0.229 e. The fraction of sp³-hybridized carbons (Fsp3) is 0.750. The van der Waals surface area contributed by atoms with E-state index in [9.17, 15) is 9.59 Å². The highest BCUT2D eigenvalue weighted by molar-refractivity contribution is 7.15. The van der Waals surface area contributed by atoms with E-state index in [1.54, 1.807) is 4.90 Å². The third-order valence-electron chi connectivity index (χ3n) is 5.23. The first-order chi connectivity index (χ1) is 12.1. The summed E-state index contributed by atoms with van der Waals surface area (Å²) in [5.74, 6) is -0.278. The lowest BCUT2D eigenvalue weighted by Crippen LogP contribution is -2.56. The molecule has 4 heterocycles. The standard InChI is InChI=1S/C16H23N5O3S/c1-2-12-18-19-15(25-12)21-8-11(7-13(21)22)14(23)20-5-6-24-16(10-20)3-4-17-9-16/h11,17H,2-10H2,1H3. The van der Waals surface area contributed by atoms with Crippen LogP contribution in [0.2, 0.25) is 0 Å². The minimum absolute atomic E-state index is 0.0392. The van der Waals surface area contributed by atoms with E-state index >= 15 is 0 Å². The van der Waals surface area contributed by atoms with E-state index in [-0.39, 0.29) is 29.8 Å². The Hall–Kier alpha value is -1.58. The molecule has 2 atom stereocenters. The Kier molecular flexibility index (Phi) is 4.47. The molecular formula is C16H23N5O3S. The van der Waals surface area contributed by atoms with Gasteiger partial charge in [0.2, 0.25) is 16.9 Å². The molecule has 25 heavy (non-hydrogen) atoms. The van der Waals surface area contributed by atoms with Crippen molar-refractivity contribution in [3.05, 3.63) is 5.01 Å². The van der Waals surface area contributed by atoms with Crippen LogP contribution >= 0.6 is 11.3 Å². The van der Waals surface area contributed by atoms with Crippen molar-refractivity contribution in [2.24, 2.45) is 5.92 Å². The second-order valence-electron chi connectivity index (χ2n) is 6.96. The van der Waals surface area contributed by atoms with Crippen molar-refractivity contribution < 1.29 is 14.3 Å². The average Bonchev–Trinajstić information content (AvgIpc) is 3.34. The quantitative estimate of drug-likeness (QED) is 0.814. The highest BCUT2D eigenvalue weighted by Gasteiger charge is 2.44. The number of carbonyl (C=O) groups is 2. The second kappa shape index (κ2) is 6.62. The molecule has 1 N–H and O–H groups in total. The van der Waals surface area contributed by atoms with Gasteiger partial charge in [-0.25, -0.2) is 0 Å². The highest BCUT2D eigenvalue weighted by atomic mass is 32.1. The maximum Gasteiger partial charge on any atom is 0.229 e. The van der Waals surface area contributed by atoms with Crippen molar-refractivity contribution in [1.82, 2.24) is 20.4 Å². The number of nitrogens with zero attached hydrogens (tertiary/aromatic N) is 4. The summed E-state index contributed by atoms with van der Waals surface area (Å²) in [6.45, 7) is 5.90. The molecule has 1 aromatic heterocycles. The van der Waals surface area contributed by atoms with Crippen molar-refractivity contribution in [3.8, 4) is 0 Å². The van der Waals surface area contributed by atoms with E-state index in [1.807, 2.05) is 11.8 Å². The number of amides is 2. The van der Waals surface area contributed by atoms with E-state index in [0.717, 1.165) is 30.9 Å². The van der Waals surface area contributed by atoms with Crippen LogP contribution in [0.1, 0.15) is 24.8 Å². The van der Waals surface area contributed by atoms with Gasteiger partial charge >= 0.3 is 0 Å². The van der Waals surface area contributed by atoms with Gasteiger partial charge in [-0.15, -0.1) is 10.2 Å². The number of hydrogen-bond donors (Lipinski definition) is 1. The number of anilines is 1. The third-order valence-corrected chi connectivity index (χ3v) is 6.32. The van der Waals surface area contributed by atoms with Crippen LogP contribution in [0.4, 0.5) is 5.13 Å². The van der Waals surface area contributed by atoms with Crippen molar-refractivity contribution in [2.45, 2.75) is 31.8 Å². The Labute approximate surface area is 150 Å². The number of morpholine rings is 1. The molecule has 3 aliphatic rings. The van der Waals surface area contributed by atoms with E-state index in [2.05, 4.69) is 15.5 Å². The Morgan fingerprint density at radius 3 is 3.08 bits per heavy atom. The van der Waals surface area contributed by atoms with Crippen molar-refractivity contribution in [1.29, 1.82) is 0 Å². The van der Waals surface area contributed by atoms with E-state index in [1.165, 1.54) is 11.3 Å². The maximum absolute atomic E-state index is 13.0. The van der Waals surface area contributed by atoms with Gasteiger partial charge in [0, 0.05) is 26.1 Å². The minimum atomic E-state index is -0.300. The number of rotatable bonds is 3. The van der Waals surface area contributed by atoms with Crippen LogP contribution in [0.3, 0.4) is 0 Å². The Balaban J connectivity index is 1.43. The monoisotopic (exact) mass is 365 g/mol. The van der Waals surface area contributed by atoms with Crippen LogP contribution in [0, 0.1) is 5.92 Å². The molecule has 8 nitrogen and oxygen atoms in total. The number of nitrogens with one attached hydrogen (secondary N) is 1. The predicted molar refractivity (Wildman–Crippen MR) is 92.5 cm³/mol. The summed E-state index contributed by atoms with van der Waals surface area (Å²) in [5, 5.41) is 13.0. The molecule has 0 saturated carbocycles. The zero-order chi connectivity index (χ0) is 17.4. The highest BCUT2D eigenvalue weighted by Crippen LogP contribution is 2.31. The first-order valence-electron chi connectivity index (χ1n) is 8.86. The molecule has 9 heteroatoms. The topological polar surface area (TPSA) is 87.7 Å². The van der Waals surface area contributed by atoms with Gasteiger partial charge in [-0.05, 0) is 19.4 Å². The molecule has 2 amide bonds. The molecule has 3 saturated heterocycles. The molecule has 1 aromatic rings. The molecule has 0 radical (unpaired) electrons. The lowest BCUT2D eigenvalue weighted by Gasteiger charge is -2.40. The minimum Gasteiger partial charge on any atom is -0.370 e. The lowest BCUT2D eigenvalue weighted by molar-refractivity contribution is -0.151. The Bertz CT molecular complexity index is 672. The number of aryl methyl sites for hydroxylation is 1. The molecule has 3 aliphatic heterocycles. The fourth-order valence-corrected chi connectivity index (χ4v) is 4.63. The maximum atomic E-state index is 13.0. The van der Waals surface area contributed by atoms with Gasteiger partial charge in [0.1, 0.15) is 5.01 Å². The molecule has 136 valence electrons. The second-order valence-corrected chi connectivity index (χ2v) is 8.00. The number of hydrogen-bond acceptors (Lipinski definition) is 7. The summed E-state index contributed by atoms with van der Waals surface area (Å²) < 4.78 is 5.95. The van der Waals surface area contributed by atoms with Crippen LogP contribution < -0.4 is 10.2 Å². The first-order valence-corrected chi connectivity index (χ1v) is 9.68. The third kappa shape index (κ3) is 3.16. The van der Waals surface area contributed by atoms with Crippen molar-refractivity contribution in [2.75, 3.05) is 44.2 Å². The summed E-state index contributed by atoms with van der Waals surface area (Å²) in [4.78, 5) is 28.8. The Morgan fingerprint density at radius 2 is 2.36 bits per heavy atom. The summed E-state index contributed by atoms with van der Waals surface area (Å²) in [5.41, 5.74) is -0.245. The molecule has 0 aliphatic carbocycles. The zero-order valence-corrected chi connectivity index (χ0v) is 15.2. The molecule has 0 aromatic carbocycles. The normalized spacial score (nSPS) is 29.8. The SMILES string of the molecule is CCc1nnc(N2CC(C(=O)N3CCOC4(CCNC4)C3)CC2=O)s1. The van der Waals surface area contributed by atoms with E-state index in [0.29, 0.717) is 31.4 Å². The number of aromatic nitrogens is 2. The van der Waals surface area contributed by atoms with E-state index < -0.39 is 0 Å². The lowest BCUT2D eigenvalue weighted by atomic mass is 9.98. The van der Waals surface area contributed by atoms with Crippen LogP contribution in [0.15, 0.2) is 0 Å². The number of carbonyl (C=O) groups excluding carboxylic acids is 2. The van der Waals surface area contributed by atoms with Gasteiger partial charge < -0.3 is 15.0 Å². The predicted octanol–water partition coefficient (Wildman–Crippen LogP) is 0.0443. The first kappa shape index (κ1) is 16.9. The van der Waals surface area contributed by atoms with Crippen LogP contribution in [0.5, 0.6) is 0 Å². The van der Waals surface area contributed by atoms with Gasteiger partial charge in [-0.1, -0.05) is 18.3 Å². The molecule has 1 spiro atoms. The summed E-state index contributed by atoms with van der Waals surface area (Å²) >= 11 is 1.43. The van der Waals surface area contributed by atoms with Gasteiger partial charge in [0.05, 0.1) is 24.7 Å². The Morgan fingerprint density at radius 1 is 1.48 bits per heavy atom. The van der Waals surface area contributed by atoms with Crippen LogP contribution in [-0.2, 0) is 20.7 Å². The van der Waals surface area contributed by atoms with Crippen molar-refractivity contribution in [3.63, 3.8) is 0 Å². The number of ether oxygens (including phenoxy) is 1. The van der Waals surface area contributed by atoms with Crippen LogP contribution in [-0.4, -0.2) is 71.8 Å². The van der Waals surface area contributed by atoms with Crippen molar-refractivity contribution >= 4 is 28.3 Å². The molecule has 2 unspecified atom stereocenters. The van der Waals surface area contributed by atoms with E-state index in [4.69, 9.17) is 4.74 Å². The summed E-state index contributed by atoms with van der Waals surface area (Å²) in [6.07, 6.45) is 1.98. The zero-order valence-electron chi connectivity index (χ0n) is 14.4. The molecular weight excluding hydrogens is 342 g/mol. The summed E-state index contributed by atoms with van der Waals surface area (Å²) in [7, 11) is 0.